The van der Waals surface area contributed by atoms with Gasteiger partial charge in [-0.15, -0.1) is 11.3 Å². The number of nitrogens with one attached hydrogen (secondary N) is 1. The summed E-state index contributed by atoms with van der Waals surface area (Å²) in [6.45, 7) is 5.99. The molecule has 3 rings (SSSR count). The molecule has 3 N–H and O–H groups in total. The summed E-state index contributed by atoms with van der Waals surface area (Å²) >= 11 is 1.43. The summed E-state index contributed by atoms with van der Waals surface area (Å²) < 4.78 is 0. The lowest BCUT2D eigenvalue weighted by molar-refractivity contribution is 0.103. The van der Waals surface area contributed by atoms with Gasteiger partial charge in [-0.1, -0.05) is 0 Å². The van der Waals surface area contributed by atoms with E-state index >= 15 is 0 Å². The monoisotopic (exact) mass is 311 g/mol. The zero-order valence-corrected chi connectivity index (χ0v) is 13.5. The van der Waals surface area contributed by atoms with E-state index in [4.69, 9.17) is 5.73 Å². The highest BCUT2D eigenvalue weighted by atomic mass is 32.1. The Morgan fingerprint density at radius 2 is 1.86 bits per heavy atom. The number of hydrogen-bond donors (Lipinski definition) is 2. The zero-order valence-electron chi connectivity index (χ0n) is 12.7. The van der Waals surface area contributed by atoms with Crippen LogP contribution in [0, 0.1) is 20.8 Å². The van der Waals surface area contributed by atoms with Crippen molar-refractivity contribution in [2.75, 3.05) is 11.1 Å². The number of amides is 1. The molecule has 0 saturated carbocycles. The first-order chi connectivity index (χ1) is 10.5. The Hall–Kier alpha value is -2.40. The molecule has 112 valence electrons. The van der Waals surface area contributed by atoms with Crippen LogP contribution in [0.1, 0.15) is 26.5 Å². The molecule has 0 bridgehead atoms. The van der Waals surface area contributed by atoms with Crippen LogP contribution in [0.4, 0.5) is 11.4 Å². The van der Waals surface area contributed by atoms with Crippen LogP contribution in [0.25, 0.3) is 10.2 Å². The summed E-state index contributed by atoms with van der Waals surface area (Å²) in [6, 6.07) is 9.17. The van der Waals surface area contributed by atoms with Gasteiger partial charge in [0.05, 0.1) is 4.88 Å². The number of pyridine rings is 1. The maximum atomic E-state index is 12.5. The fourth-order valence-electron chi connectivity index (χ4n) is 2.59. The van der Waals surface area contributed by atoms with Crippen molar-refractivity contribution in [1.82, 2.24) is 4.98 Å². The number of aryl methyl sites for hydroxylation is 3. The number of rotatable bonds is 2. The molecule has 5 heteroatoms. The van der Waals surface area contributed by atoms with Gasteiger partial charge in [-0.3, -0.25) is 4.79 Å². The third-order valence-corrected chi connectivity index (χ3v) is 4.79. The average Bonchev–Trinajstić information content (AvgIpc) is 2.78. The van der Waals surface area contributed by atoms with Crippen molar-refractivity contribution in [3.05, 3.63) is 52.0 Å². The van der Waals surface area contributed by atoms with Gasteiger partial charge in [0, 0.05) is 22.5 Å². The number of nitrogens with zero attached hydrogens (tertiary/aromatic N) is 1. The van der Waals surface area contributed by atoms with Crippen LogP contribution in [-0.4, -0.2) is 10.9 Å². The highest BCUT2D eigenvalue weighted by molar-refractivity contribution is 7.20. The minimum atomic E-state index is -0.109. The van der Waals surface area contributed by atoms with Crippen LogP contribution in [0.3, 0.4) is 0 Å². The molecule has 0 atom stereocenters. The smallest absolute Gasteiger partial charge is 0.266 e. The summed E-state index contributed by atoms with van der Waals surface area (Å²) in [4.78, 5) is 18.7. The molecule has 1 aromatic carbocycles. The Morgan fingerprint density at radius 1 is 1.18 bits per heavy atom. The van der Waals surface area contributed by atoms with Crippen LogP contribution in [-0.2, 0) is 0 Å². The first-order valence-electron chi connectivity index (χ1n) is 7.00. The average molecular weight is 311 g/mol. The molecular formula is C17H17N3OS. The molecule has 0 aliphatic rings. The molecule has 0 spiro atoms. The molecule has 0 aliphatic carbocycles. The van der Waals surface area contributed by atoms with Crippen molar-refractivity contribution < 1.29 is 4.79 Å². The summed E-state index contributed by atoms with van der Waals surface area (Å²) in [5.41, 5.74) is 10.2. The molecule has 0 fully saturated rings. The van der Waals surface area contributed by atoms with Crippen LogP contribution < -0.4 is 11.1 Å². The lowest BCUT2D eigenvalue weighted by atomic mass is 10.1. The number of carbonyl (C=O) groups is 1. The number of fused-ring (bicyclic) bond motifs is 1. The topological polar surface area (TPSA) is 68.0 Å². The van der Waals surface area contributed by atoms with E-state index in [0.29, 0.717) is 10.6 Å². The highest BCUT2D eigenvalue weighted by Gasteiger charge is 2.18. The number of carbonyl (C=O) groups excluding carboxylic acids is 1. The third kappa shape index (κ3) is 2.55. The van der Waals surface area contributed by atoms with E-state index in [1.165, 1.54) is 11.3 Å². The second-order valence-electron chi connectivity index (χ2n) is 5.39. The van der Waals surface area contributed by atoms with E-state index in [1.807, 2.05) is 19.9 Å². The highest BCUT2D eigenvalue weighted by Crippen LogP contribution is 2.32. The standard InChI is InChI=1S/C17H17N3OS/c1-9-8-10(2)19-17-14(9)11(3)15(22-17)16(21)20-13-6-4-12(18)5-7-13/h4-8H,18H2,1-3H3,(H,20,21). The molecule has 2 aromatic heterocycles. The minimum absolute atomic E-state index is 0.109. The van der Waals surface area contributed by atoms with E-state index in [2.05, 4.69) is 17.2 Å². The largest absolute Gasteiger partial charge is 0.399 e. The maximum absolute atomic E-state index is 12.5. The van der Waals surface area contributed by atoms with Crippen molar-refractivity contribution >= 4 is 38.8 Å². The van der Waals surface area contributed by atoms with E-state index in [9.17, 15) is 4.79 Å². The van der Waals surface area contributed by atoms with E-state index in [0.717, 1.165) is 32.7 Å². The second kappa shape index (κ2) is 5.42. The summed E-state index contributed by atoms with van der Waals surface area (Å²) in [5, 5.41) is 3.99. The molecule has 1 amide bonds. The number of benzene rings is 1. The van der Waals surface area contributed by atoms with Gasteiger partial charge in [-0.25, -0.2) is 4.98 Å². The Morgan fingerprint density at radius 3 is 2.55 bits per heavy atom. The predicted octanol–water partition coefficient (Wildman–Crippen LogP) is 4.06. The van der Waals surface area contributed by atoms with E-state index in [1.54, 1.807) is 24.3 Å². The molecule has 22 heavy (non-hydrogen) atoms. The van der Waals surface area contributed by atoms with Gasteiger partial charge in [-0.2, -0.15) is 0 Å². The molecular weight excluding hydrogens is 294 g/mol. The van der Waals surface area contributed by atoms with Gasteiger partial charge < -0.3 is 11.1 Å². The first-order valence-corrected chi connectivity index (χ1v) is 7.81. The molecule has 3 aromatic rings. The van der Waals surface area contributed by atoms with Crippen molar-refractivity contribution in [3.8, 4) is 0 Å². The van der Waals surface area contributed by atoms with Gasteiger partial charge in [0.1, 0.15) is 4.83 Å². The van der Waals surface area contributed by atoms with Crippen LogP contribution in [0.5, 0.6) is 0 Å². The molecule has 2 heterocycles. The fraction of sp³-hybridized carbons (Fsp3) is 0.176. The van der Waals surface area contributed by atoms with E-state index < -0.39 is 0 Å². The Balaban J connectivity index is 1.99. The maximum Gasteiger partial charge on any atom is 0.266 e. The van der Waals surface area contributed by atoms with Crippen LogP contribution in [0.15, 0.2) is 30.3 Å². The predicted molar refractivity (Wildman–Crippen MR) is 92.6 cm³/mol. The Labute approximate surface area is 133 Å². The van der Waals surface area contributed by atoms with Gasteiger partial charge in [0.25, 0.3) is 5.91 Å². The second-order valence-corrected chi connectivity index (χ2v) is 6.39. The lowest BCUT2D eigenvalue weighted by Crippen LogP contribution is -2.11. The number of anilines is 2. The quantitative estimate of drug-likeness (QED) is 0.701. The summed E-state index contributed by atoms with van der Waals surface area (Å²) in [5.74, 6) is -0.109. The molecule has 0 unspecified atom stereocenters. The molecule has 0 saturated heterocycles. The van der Waals surface area contributed by atoms with E-state index in [-0.39, 0.29) is 5.91 Å². The van der Waals surface area contributed by atoms with Crippen molar-refractivity contribution in [2.24, 2.45) is 0 Å². The number of thiophene rings is 1. The summed E-state index contributed by atoms with van der Waals surface area (Å²) in [7, 11) is 0. The SMILES string of the molecule is Cc1cc(C)c2c(C)c(C(=O)Nc3ccc(N)cc3)sc2n1. The first kappa shape index (κ1) is 14.5. The molecule has 0 radical (unpaired) electrons. The number of nitrogens with two attached hydrogens (primary N) is 1. The van der Waals surface area contributed by atoms with Crippen molar-refractivity contribution in [2.45, 2.75) is 20.8 Å². The minimum Gasteiger partial charge on any atom is -0.399 e. The Kier molecular flexibility index (Phi) is 3.58. The molecule has 4 nitrogen and oxygen atoms in total. The fourth-order valence-corrected chi connectivity index (χ4v) is 3.79. The molecule has 0 aliphatic heterocycles. The lowest BCUT2D eigenvalue weighted by Gasteiger charge is -2.05. The zero-order chi connectivity index (χ0) is 15.9. The van der Waals surface area contributed by atoms with Crippen molar-refractivity contribution in [3.63, 3.8) is 0 Å². The third-order valence-electron chi connectivity index (χ3n) is 3.60. The van der Waals surface area contributed by atoms with Gasteiger partial charge >= 0.3 is 0 Å². The Bertz CT molecular complexity index is 866. The van der Waals surface area contributed by atoms with Crippen LogP contribution in [0.2, 0.25) is 0 Å². The number of nitrogen functional groups attached to an aromatic ring is 1. The van der Waals surface area contributed by atoms with Gasteiger partial charge in [-0.05, 0) is 62.2 Å². The van der Waals surface area contributed by atoms with Gasteiger partial charge in [0.15, 0.2) is 0 Å². The van der Waals surface area contributed by atoms with Crippen LogP contribution >= 0.6 is 11.3 Å². The number of aromatic nitrogens is 1. The van der Waals surface area contributed by atoms with Gasteiger partial charge in [0.2, 0.25) is 0 Å². The number of hydrogen-bond acceptors (Lipinski definition) is 4. The normalized spacial score (nSPS) is 10.9. The summed E-state index contributed by atoms with van der Waals surface area (Å²) in [6.07, 6.45) is 0. The van der Waals surface area contributed by atoms with Crippen molar-refractivity contribution in [1.29, 1.82) is 0 Å².